The zero-order chi connectivity index (χ0) is 28.9. The number of carbonyl (C=O) groups is 1. The van der Waals surface area contributed by atoms with Gasteiger partial charge in [0, 0.05) is 51.2 Å². The Morgan fingerprint density at radius 2 is 1.62 bits per heavy atom. The number of nitrogens with zero attached hydrogens (tertiary/aromatic N) is 4. The molecule has 0 atom stereocenters. The third kappa shape index (κ3) is 6.37. The molecule has 1 amide bonds. The lowest BCUT2D eigenvalue weighted by atomic mass is 9.85. The molecular weight excluding hydrogens is 533 g/mol. The largest absolute Gasteiger partial charge is 0.417 e. The first kappa shape index (κ1) is 29.8. The molecule has 1 aliphatic heterocycles. The van der Waals surface area contributed by atoms with Gasteiger partial charge >= 0.3 is 0 Å². The fourth-order valence-corrected chi connectivity index (χ4v) is 7.66. The minimum Gasteiger partial charge on any atom is -0.417 e. The van der Waals surface area contributed by atoms with Crippen molar-refractivity contribution in [1.82, 2.24) is 14.5 Å². The van der Waals surface area contributed by atoms with Gasteiger partial charge < -0.3 is 23.5 Å². The van der Waals surface area contributed by atoms with E-state index in [1.807, 2.05) is 6.20 Å². The van der Waals surface area contributed by atoms with E-state index in [4.69, 9.17) is 14.1 Å². The summed E-state index contributed by atoms with van der Waals surface area (Å²) in [6, 6.07) is 4.11. The third-order valence-corrected chi connectivity index (χ3v) is 16.0. The lowest BCUT2D eigenvalue weighted by Gasteiger charge is -2.45. The highest BCUT2D eigenvalue weighted by Crippen LogP contribution is 2.43. The van der Waals surface area contributed by atoms with E-state index in [-0.39, 0.29) is 10.9 Å². The number of aromatic nitrogens is 2. The molecule has 0 unspecified atom stereocenters. The molecule has 7 nitrogen and oxygen atoms in total. The van der Waals surface area contributed by atoms with Gasteiger partial charge in [-0.25, -0.2) is 4.98 Å². The van der Waals surface area contributed by atoms with Gasteiger partial charge in [0.05, 0.1) is 17.9 Å². The fraction of sp³-hybridized carbons (Fsp3) is 0.742. The second-order valence-electron chi connectivity index (χ2n) is 15.3. The maximum Gasteiger partial charge on any atom is 0.259 e. The van der Waals surface area contributed by atoms with Gasteiger partial charge in [-0.2, -0.15) is 0 Å². The Morgan fingerprint density at radius 1 is 0.975 bits per heavy atom. The molecule has 2 aliphatic carbocycles. The average molecular weight is 585 g/mol. The van der Waals surface area contributed by atoms with Gasteiger partial charge in [0.25, 0.3) is 5.91 Å². The van der Waals surface area contributed by atoms with Gasteiger partial charge in [0.2, 0.25) is 0 Å². The molecule has 2 saturated carbocycles. The van der Waals surface area contributed by atoms with Crippen LogP contribution in [-0.4, -0.2) is 68.7 Å². The van der Waals surface area contributed by atoms with Gasteiger partial charge in [-0.15, -0.1) is 0 Å². The number of hydrogen-bond donors (Lipinski definition) is 0. The minimum atomic E-state index is -1.73. The quantitative estimate of drug-likeness (QED) is 0.216. The van der Waals surface area contributed by atoms with Crippen molar-refractivity contribution in [1.29, 1.82) is 0 Å². The number of ether oxygens (including phenoxy) is 1. The van der Waals surface area contributed by atoms with Crippen LogP contribution >= 0.6 is 0 Å². The van der Waals surface area contributed by atoms with E-state index in [9.17, 15) is 4.79 Å². The highest BCUT2D eigenvalue weighted by molar-refractivity contribution is 6.76. The SMILES string of the molecule is CC(C)(C)[Si](C)(C)OC[C@H]1CC[C@H](N2CN(C3CC3)C(=O)c3cnc4c(ccn4COCC[Si](C)(C)C)c32)CC1. The summed E-state index contributed by atoms with van der Waals surface area (Å²) in [6.45, 7) is 21.7. The lowest BCUT2D eigenvalue weighted by molar-refractivity contribution is 0.0717. The van der Waals surface area contributed by atoms with Crippen LogP contribution in [0.3, 0.4) is 0 Å². The van der Waals surface area contributed by atoms with Crippen molar-refractivity contribution in [2.24, 2.45) is 5.92 Å². The predicted molar refractivity (Wildman–Crippen MR) is 169 cm³/mol. The fourth-order valence-electron chi connectivity index (χ4n) is 5.82. The molecule has 2 fully saturated rings. The summed E-state index contributed by atoms with van der Waals surface area (Å²) in [4.78, 5) is 23.1. The van der Waals surface area contributed by atoms with E-state index < -0.39 is 16.4 Å². The van der Waals surface area contributed by atoms with Crippen LogP contribution in [0.15, 0.2) is 18.5 Å². The van der Waals surface area contributed by atoms with Crippen LogP contribution < -0.4 is 4.90 Å². The normalized spacial score (nSPS) is 22.8. The van der Waals surface area contributed by atoms with E-state index in [0.717, 1.165) is 67.2 Å². The highest BCUT2D eigenvalue weighted by Gasteiger charge is 2.43. The zero-order valence-corrected chi connectivity index (χ0v) is 28.3. The standard InChI is InChI=1S/C31H52N4O3Si2/c1-31(2,3)40(7,8)38-20-23-9-11-24(12-10-23)34-21-35(25-13-14-25)30(36)27-19-32-29-26(28(27)34)15-16-33(29)22-37-17-18-39(4,5)6/h15-16,19,23-25H,9-14,17-18,20-22H2,1-8H3/t23-,24-. The predicted octanol–water partition coefficient (Wildman–Crippen LogP) is 7.31. The summed E-state index contributed by atoms with van der Waals surface area (Å²) >= 11 is 0. The number of amides is 1. The molecule has 0 aromatic carbocycles. The van der Waals surface area contributed by atoms with Crippen molar-refractivity contribution in [3.05, 3.63) is 24.0 Å². The van der Waals surface area contributed by atoms with Crippen LogP contribution in [0.4, 0.5) is 5.69 Å². The van der Waals surface area contributed by atoms with Crippen molar-refractivity contribution in [3.8, 4) is 0 Å². The van der Waals surface area contributed by atoms with Crippen molar-refractivity contribution < 1.29 is 14.0 Å². The topological polar surface area (TPSA) is 59.8 Å². The van der Waals surface area contributed by atoms with E-state index in [2.05, 4.69) is 80.1 Å². The molecule has 0 spiro atoms. The molecule has 2 aromatic rings. The Labute approximate surface area is 243 Å². The molecule has 0 bridgehead atoms. The first-order valence-electron chi connectivity index (χ1n) is 15.5. The Kier molecular flexibility index (Phi) is 8.33. The zero-order valence-electron chi connectivity index (χ0n) is 26.3. The molecular formula is C31H52N4O3Si2. The number of carbonyl (C=O) groups excluding carboxylic acids is 1. The molecule has 40 heavy (non-hydrogen) atoms. The maximum atomic E-state index is 13.6. The summed E-state index contributed by atoms with van der Waals surface area (Å²) in [5, 5.41) is 1.33. The molecule has 9 heteroatoms. The summed E-state index contributed by atoms with van der Waals surface area (Å²) in [5.41, 5.74) is 2.78. The summed E-state index contributed by atoms with van der Waals surface area (Å²) in [7, 11) is -2.86. The van der Waals surface area contributed by atoms with Crippen molar-refractivity contribution in [2.75, 3.05) is 24.8 Å². The van der Waals surface area contributed by atoms with E-state index in [1.54, 1.807) is 0 Å². The Hall–Kier alpha value is -1.69. The Bertz CT molecular complexity index is 1200. The third-order valence-electron chi connectivity index (χ3n) is 9.80. The maximum absolute atomic E-state index is 13.6. The average Bonchev–Trinajstić information content (AvgIpc) is 3.64. The Balaban J connectivity index is 1.33. The van der Waals surface area contributed by atoms with Crippen molar-refractivity contribution in [3.63, 3.8) is 0 Å². The minimum absolute atomic E-state index is 0.152. The van der Waals surface area contributed by atoms with Crippen LogP contribution in [0.5, 0.6) is 0 Å². The van der Waals surface area contributed by atoms with Gasteiger partial charge in [-0.1, -0.05) is 40.4 Å². The number of rotatable bonds is 10. The van der Waals surface area contributed by atoms with Crippen LogP contribution in [0.2, 0.25) is 43.8 Å². The molecule has 2 aromatic heterocycles. The molecule has 0 radical (unpaired) electrons. The number of pyridine rings is 1. The second-order valence-corrected chi connectivity index (χ2v) is 25.7. The highest BCUT2D eigenvalue weighted by atomic mass is 28.4. The molecule has 3 heterocycles. The van der Waals surface area contributed by atoms with E-state index >= 15 is 0 Å². The van der Waals surface area contributed by atoms with Gasteiger partial charge in [0.1, 0.15) is 12.4 Å². The van der Waals surface area contributed by atoms with Crippen molar-refractivity contribution in [2.45, 2.75) is 122 Å². The molecule has 222 valence electrons. The molecule has 5 rings (SSSR count). The monoisotopic (exact) mass is 584 g/mol. The molecule has 0 N–H and O–H groups in total. The number of anilines is 1. The molecule has 3 aliphatic rings. The van der Waals surface area contributed by atoms with E-state index in [0.29, 0.717) is 31.4 Å². The first-order chi connectivity index (χ1) is 18.7. The van der Waals surface area contributed by atoms with Crippen LogP contribution in [-0.2, 0) is 15.9 Å². The van der Waals surface area contributed by atoms with Gasteiger partial charge in [-0.3, -0.25) is 4.79 Å². The molecule has 0 saturated heterocycles. The summed E-state index contributed by atoms with van der Waals surface area (Å²) in [5.74, 6) is 0.779. The van der Waals surface area contributed by atoms with Crippen LogP contribution in [0.1, 0.15) is 69.7 Å². The van der Waals surface area contributed by atoms with Crippen LogP contribution in [0, 0.1) is 5.92 Å². The van der Waals surface area contributed by atoms with Gasteiger partial charge in [0.15, 0.2) is 8.32 Å². The first-order valence-corrected chi connectivity index (χ1v) is 22.1. The summed E-state index contributed by atoms with van der Waals surface area (Å²) < 4.78 is 14.8. The number of fused-ring (bicyclic) bond motifs is 3. The Morgan fingerprint density at radius 3 is 2.25 bits per heavy atom. The lowest BCUT2D eigenvalue weighted by Crippen LogP contribution is -2.52. The second kappa shape index (κ2) is 11.2. The van der Waals surface area contributed by atoms with E-state index in [1.165, 1.54) is 12.8 Å². The smallest absolute Gasteiger partial charge is 0.259 e. The van der Waals surface area contributed by atoms with Crippen molar-refractivity contribution >= 4 is 39.0 Å². The number of hydrogen-bond acceptors (Lipinski definition) is 5. The van der Waals surface area contributed by atoms with Crippen LogP contribution in [0.25, 0.3) is 11.0 Å². The summed E-state index contributed by atoms with van der Waals surface area (Å²) in [6.07, 6.45) is 10.8. The van der Waals surface area contributed by atoms with Gasteiger partial charge in [-0.05, 0) is 74.7 Å².